The van der Waals surface area contributed by atoms with Crippen LogP contribution >= 0.6 is 0 Å². The van der Waals surface area contributed by atoms with Crippen molar-refractivity contribution in [1.29, 1.82) is 0 Å². The Morgan fingerprint density at radius 3 is 2.64 bits per heavy atom. The van der Waals surface area contributed by atoms with E-state index in [0.29, 0.717) is 17.1 Å². The highest BCUT2D eigenvalue weighted by Gasteiger charge is 2.21. The molecule has 0 atom stereocenters. The number of methoxy groups -OCH3 is 1. The van der Waals surface area contributed by atoms with Gasteiger partial charge in [0, 0.05) is 17.3 Å². The Balaban J connectivity index is 2.26. The number of hydrogen-bond acceptors (Lipinski definition) is 4. The number of carbonyl (C=O) groups is 1. The Morgan fingerprint density at radius 1 is 1.18 bits per heavy atom. The monoisotopic (exact) mass is 293 g/mol. The summed E-state index contributed by atoms with van der Waals surface area (Å²) in [6.45, 7) is 0. The molecule has 0 aromatic heterocycles. The van der Waals surface area contributed by atoms with Crippen molar-refractivity contribution in [3.8, 4) is 5.75 Å². The van der Waals surface area contributed by atoms with Crippen LogP contribution in [0.25, 0.3) is 0 Å². The molecule has 0 bridgehead atoms. The zero-order valence-corrected chi connectivity index (χ0v) is 12.0. The van der Waals surface area contributed by atoms with E-state index in [1.165, 1.54) is 6.20 Å². The second kappa shape index (κ2) is 5.73. The van der Waals surface area contributed by atoms with Gasteiger partial charge >= 0.3 is 0 Å². The van der Waals surface area contributed by atoms with Crippen LogP contribution in [0.15, 0.2) is 65.4 Å². The average Bonchev–Trinajstić information content (AvgIpc) is 2.70. The average molecular weight is 293 g/mol. The summed E-state index contributed by atoms with van der Waals surface area (Å²) in [5, 5.41) is 2.82. The molecule has 2 aromatic rings. The summed E-state index contributed by atoms with van der Waals surface area (Å²) in [5.74, 6) is 0.358. The molecule has 22 heavy (non-hydrogen) atoms. The molecule has 5 nitrogen and oxygen atoms in total. The zero-order chi connectivity index (χ0) is 15.5. The highest BCUT2D eigenvalue weighted by molar-refractivity contribution is 6.22. The quantitative estimate of drug-likeness (QED) is 0.834. The maximum Gasteiger partial charge on any atom is 0.275 e. The number of rotatable bonds is 2. The Hall–Kier alpha value is -3.08. The number of amides is 1. The van der Waals surface area contributed by atoms with Crippen LogP contribution in [0, 0.1) is 0 Å². The third kappa shape index (κ3) is 2.44. The normalized spacial score (nSPS) is 15.6. The molecule has 2 aromatic carbocycles. The number of hydrogen-bond donors (Lipinski definition) is 2. The first kappa shape index (κ1) is 13.9. The van der Waals surface area contributed by atoms with E-state index in [1.807, 2.05) is 36.4 Å². The lowest BCUT2D eigenvalue weighted by atomic mass is 10.0. The van der Waals surface area contributed by atoms with Crippen molar-refractivity contribution in [2.24, 2.45) is 10.7 Å². The van der Waals surface area contributed by atoms with Gasteiger partial charge in [-0.1, -0.05) is 30.3 Å². The summed E-state index contributed by atoms with van der Waals surface area (Å²) in [4.78, 5) is 16.6. The van der Waals surface area contributed by atoms with Crippen LogP contribution in [0.1, 0.15) is 11.1 Å². The molecule has 1 aliphatic heterocycles. The Kier molecular flexibility index (Phi) is 3.62. The molecule has 0 spiro atoms. The van der Waals surface area contributed by atoms with Gasteiger partial charge in [-0.25, -0.2) is 4.99 Å². The number of benzene rings is 2. The summed E-state index contributed by atoms with van der Waals surface area (Å²) in [7, 11) is 1.60. The van der Waals surface area contributed by atoms with E-state index in [1.54, 1.807) is 19.2 Å². The standard InChI is InChI=1S/C17H15N3O2/c1-22-12-7-8-14-13(9-12)16(11-5-3-2-4-6-11)19-15(10-18)17(21)20-14/h2-10H,18H2,1H3,(H,20,21)/b15-10-. The van der Waals surface area contributed by atoms with Crippen molar-refractivity contribution >= 4 is 17.3 Å². The highest BCUT2D eigenvalue weighted by atomic mass is 16.5. The Labute approximate surface area is 128 Å². The predicted octanol–water partition coefficient (Wildman–Crippen LogP) is 2.28. The first-order valence-electron chi connectivity index (χ1n) is 6.78. The molecule has 0 saturated carbocycles. The minimum atomic E-state index is -0.333. The van der Waals surface area contributed by atoms with Gasteiger partial charge < -0.3 is 15.8 Å². The number of nitrogens with one attached hydrogen (secondary N) is 1. The zero-order valence-electron chi connectivity index (χ0n) is 12.0. The Morgan fingerprint density at radius 2 is 1.95 bits per heavy atom. The second-order valence-electron chi connectivity index (χ2n) is 4.74. The third-order valence-electron chi connectivity index (χ3n) is 3.40. The fraction of sp³-hybridized carbons (Fsp3) is 0.0588. The smallest absolute Gasteiger partial charge is 0.275 e. The van der Waals surface area contributed by atoms with Gasteiger partial charge in [0.15, 0.2) is 0 Å². The van der Waals surface area contributed by atoms with E-state index in [9.17, 15) is 4.79 Å². The van der Waals surface area contributed by atoms with E-state index in [2.05, 4.69) is 10.3 Å². The van der Waals surface area contributed by atoms with Crippen molar-refractivity contribution in [2.75, 3.05) is 12.4 Å². The highest BCUT2D eigenvalue weighted by Crippen LogP contribution is 2.28. The van der Waals surface area contributed by atoms with Gasteiger partial charge in [-0.15, -0.1) is 0 Å². The van der Waals surface area contributed by atoms with Crippen molar-refractivity contribution in [3.63, 3.8) is 0 Å². The second-order valence-corrected chi connectivity index (χ2v) is 4.74. The van der Waals surface area contributed by atoms with Crippen molar-refractivity contribution in [3.05, 3.63) is 71.6 Å². The van der Waals surface area contributed by atoms with Crippen LogP contribution in [0.3, 0.4) is 0 Å². The fourth-order valence-corrected chi connectivity index (χ4v) is 2.30. The van der Waals surface area contributed by atoms with Gasteiger partial charge in [0.1, 0.15) is 11.4 Å². The summed E-state index contributed by atoms with van der Waals surface area (Å²) < 4.78 is 5.28. The summed E-state index contributed by atoms with van der Waals surface area (Å²) in [5.41, 5.74) is 8.74. The lowest BCUT2D eigenvalue weighted by Gasteiger charge is -2.11. The van der Waals surface area contributed by atoms with Gasteiger partial charge in [-0.2, -0.15) is 0 Å². The molecule has 1 heterocycles. The van der Waals surface area contributed by atoms with E-state index in [0.717, 1.165) is 11.1 Å². The molecule has 1 aliphatic rings. The topological polar surface area (TPSA) is 76.7 Å². The van der Waals surface area contributed by atoms with Gasteiger partial charge in [0.05, 0.1) is 18.5 Å². The van der Waals surface area contributed by atoms with E-state index < -0.39 is 0 Å². The number of carbonyl (C=O) groups excluding carboxylic acids is 1. The molecule has 0 fully saturated rings. The van der Waals surface area contributed by atoms with Gasteiger partial charge in [0.2, 0.25) is 0 Å². The van der Waals surface area contributed by atoms with Crippen LogP contribution < -0.4 is 15.8 Å². The molecular weight excluding hydrogens is 278 g/mol. The molecule has 1 amide bonds. The number of anilines is 1. The van der Waals surface area contributed by atoms with Crippen LogP contribution in [-0.2, 0) is 4.79 Å². The number of nitrogens with two attached hydrogens (primary N) is 1. The lowest BCUT2D eigenvalue weighted by Crippen LogP contribution is -2.13. The molecule has 3 N–H and O–H groups in total. The van der Waals surface area contributed by atoms with E-state index in [4.69, 9.17) is 10.5 Å². The maximum absolute atomic E-state index is 12.1. The fourth-order valence-electron chi connectivity index (χ4n) is 2.30. The summed E-state index contributed by atoms with van der Waals surface area (Å²) in [6, 6.07) is 15.1. The van der Waals surface area contributed by atoms with Crippen molar-refractivity contribution in [2.45, 2.75) is 0 Å². The molecule has 0 saturated heterocycles. The molecule has 0 unspecified atom stereocenters. The SMILES string of the molecule is COc1ccc2c(c1)C(c1ccccc1)=N/C(=C\N)C(=O)N2. The van der Waals surface area contributed by atoms with Crippen LogP contribution in [0.5, 0.6) is 5.75 Å². The number of nitrogens with zero attached hydrogens (tertiary/aromatic N) is 1. The van der Waals surface area contributed by atoms with Crippen LogP contribution in [-0.4, -0.2) is 18.7 Å². The first-order chi connectivity index (χ1) is 10.7. The summed E-state index contributed by atoms with van der Waals surface area (Å²) in [6.07, 6.45) is 1.21. The van der Waals surface area contributed by atoms with Crippen molar-refractivity contribution in [1.82, 2.24) is 0 Å². The van der Waals surface area contributed by atoms with E-state index in [-0.39, 0.29) is 11.6 Å². The molecule has 0 radical (unpaired) electrons. The minimum Gasteiger partial charge on any atom is -0.497 e. The van der Waals surface area contributed by atoms with Crippen LogP contribution in [0.2, 0.25) is 0 Å². The molecule has 3 rings (SSSR count). The van der Waals surface area contributed by atoms with Gasteiger partial charge in [-0.05, 0) is 18.2 Å². The largest absolute Gasteiger partial charge is 0.497 e. The first-order valence-corrected chi connectivity index (χ1v) is 6.78. The maximum atomic E-state index is 12.1. The minimum absolute atomic E-state index is 0.175. The van der Waals surface area contributed by atoms with E-state index >= 15 is 0 Å². The van der Waals surface area contributed by atoms with Crippen molar-refractivity contribution < 1.29 is 9.53 Å². The summed E-state index contributed by atoms with van der Waals surface area (Å²) >= 11 is 0. The number of ether oxygens (including phenoxy) is 1. The predicted molar refractivity (Wildman–Crippen MR) is 86.0 cm³/mol. The molecular formula is C17H15N3O2. The van der Waals surface area contributed by atoms with Crippen LogP contribution in [0.4, 0.5) is 5.69 Å². The van der Waals surface area contributed by atoms with Gasteiger partial charge in [-0.3, -0.25) is 4.79 Å². The number of benzodiazepines with no additional fused rings is 1. The lowest BCUT2D eigenvalue weighted by molar-refractivity contribution is -0.112. The van der Waals surface area contributed by atoms with Gasteiger partial charge in [0.25, 0.3) is 5.91 Å². The molecule has 110 valence electrons. The number of aliphatic imine (C=N–C) groups is 1. The molecule has 0 aliphatic carbocycles. The molecule has 5 heteroatoms. The third-order valence-corrected chi connectivity index (χ3v) is 3.40. The Bertz CT molecular complexity index is 780. The number of fused-ring (bicyclic) bond motifs is 1.